The Morgan fingerprint density at radius 2 is 2.24 bits per heavy atom. The van der Waals surface area contributed by atoms with E-state index in [1.807, 2.05) is 12.1 Å². The molecule has 114 valence electrons. The SMILES string of the molecule is O=C(NCCC1CCCCO1)C1CNc2ccccc2C1. The lowest BCUT2D eigenvalue weighted by Crippen LogP contribution is -2.39. The number of nitrogens with one attached hydrogen (secondary N) is 2. The Hall–Kier alpha value is -1.55. The summed E-state index contributed by atoms with van der Waals surface area (Å²) in [4.78, 5) is 12.3. The van der Waals surface area contributed by atoms with Gasteiger partial charge in [-0.05, 0) is 43.7 Å². The van der Waals surface area contributed by atoms with Crippen molar-refractivity contribution in [1.82, 2.24) is 5.32 Å². The van der Waals surface area contributed by atoms with Crippen LogP contribution in [0.5, 0.6) is 0 Å². The van der Waals surface area contributed by atoms with Crippen LogP contribution >= 0.6 is 0 Å². The molecule has 2 aliphatic rings. The monoisotopic (exact) mass is 288 g/mol. The Morgan fingerprint density at radius 3 is 3.10 bits per heavy atom. The number of rotatable bonds is 4. The molecule has 0 aliphatic carbocycles. The second-order valence-electron chi connectivity index (χ2n) is 6.01. The smallest absolute Gasteiger partial charge is 0.225 e. The first-order chi connectivity index (χ1) is 10.3. The minimum absolute atomic E-state index is 0.0344. The van der Waals surface area contributed by atoms with Crippen LogP contribution in [0.2, 0.25) is 0 Å². The van der Waals surface area contributed by atoms with Gasteiger partial charge in [0.2, 0.25) is 5.91 Å². The Morgan fingerprint density at radius 1 is 1.33 bits per heavy atom. The van der Waals surface area contributed by atoms with Gasteiger partial charge in [0.05, 0.1) is 12.0 Å². The van der Waals surface area contributed by atoms with E-state index in [0.717, 1.165) is 44.6 Å². The highest BCUT2D eigenvalue weighted by Crippen LogP contribution is 2.24. The molecule has 1 aromatic rings. The average Bonchev–Trinajstić information content (AvgIpc) is 2.55. The highest BCUT2D eigenvalue weighted by molar-refractivity contribution is 5.80. The van der Waals surface area contributed by atoms with Crippen molar-refractivity contribution in [2.75, 3.05) is 25.0 Å². The number of hydrogen-bond donors (Lipinski definition) is 2. The van der Waals surface area contributed by atoms with Gasteiger partial charge in [-0.1, -0.05) is 18.2 Å². The molecule has 2 N–H and O–H groups in total. The zero-order chi connectivity index (χ0) is 14.5. The van der Waals surface area contributed by atoms with E-state index >= 15 is 0 Å². The van der Waals surface area contributed by atoms with Crippen LogP contribution in [0.4, 0.5) is 5.69 Å². The van der Waals surface area contributed by atoms with Gasteiger partial charge in [0.15, 0.2) is 0 Å². The maximum absolute atomic E-state index is 12.3. The van der Waals surface area contributed by atoms with E-state index in [2.05, 4.69) is 22.8 Å². The molecule has 2 atom stereocenters. The Kier molecular flexibility index (Phi) is 4.76. The second kappa shape index (κ2) is 6.94. The lowest BCUT2D eigenvalue weighted by molar-refractivity contribution is -0.124. The first-order valence-corrected chi connectivity index (χ1v) is 8.04. The van der Waals surface area contributed by atoms with Crippen molar-refractivity contribution >= 4 is 11.6 Å². The lowest BCUT2D eigenvalue weighted by Gasteiger charge is -2.26. The van der Waals surface area contributed by atoms with Crippen molar-refractivity contribution in [2.45, 2.75) is 38.2 Å². The van der Waals surface area contributed by atoms with Crippen LogP contribution in [0.15, 0.2) is 24.3 Å². The van der Waals surface area contributed by atoms with Crippen LogP contribution in [-0.2, 0) is 16.0 Å². The fourth-order valence-corrected chi connectivity index (χ4v) is 3.16. The van der Waals surface area contributed by atoms with E-state index in [9.17, 15) is 4.79 Å². The molecule has 0 aromatic heterocycles. The predicted octanol–water partition coefficient (Wildman–Crippen LogP) is 2.35. The Bertz CT molecular complexity index is 483. The third-order valence-electron chi connectivity index (χ3n) is 4.43. The molecule has 2 unspecified atom stereocenters. The summed E-state index contributed by atoms with van der Waals surface area (Å²) in [6, 6.07) is 8.22. The van der Waals surface area contributed by atoms with Gasteiger partial charge in [0, 0.05) is 25.4 Å². The first kappa shape index (κ1) is 14.4. The summed E-state index contributed by atoms with van der Waals surface area (Å²) in [5.41, 5.74) is 2.40. The molecule has 0 bridgehead atoms. The molecular formula is C17H24N2O2. The van der Waals surface area contributed by atoms with E-state index < -0.39 is 0 Å². The largest absolute Gasteiger partial charge is 0.384 e. The zero-order valence-corrected chi connectivity index (χ0v) is 12.4. The molecule has 1 aromatic carbocycles. The van der Waals surface area contributed by atoms with Crippen molar-refractivity contribution in [2.24, 2.45) is 5.92 Å². The summed E-state index contributed by atoms with van der Waals surface area (Å²) < 4.78 is 5.69. The van der Waals surface area contributed by atoms with E-state index in [4.69, 9.17) is 4.74 Å². The Labute approximate surface area is 126 Å². The van der Waals surface area contributed by atoms with Crippen molar-refractivity contribution < 1.29 is 9.53 Å². The van der Waals surface area contributed by atoms with Crippen LogP contribution in [0, 0.1) is 5.92 Å². The quantitative estimate of drug-likeness (QED) is 0.894. The minimum atomic E-state index is 0.0344. The van der Waals surface area contributed by atoms with E-state index in [1.165, 1.54) is 18.4 Å². The van der Waals surface area contributed by atoms with Gasteiger partial charge in [-0.15, -0.1) is 0 Å². The summed E-state index contributed by atoms with van der Waals surface area (Å²) in [6.07, 6.45) is 5.66. The summed E-state index contributed by atoms with van der Waals surface area (Å²) in [5.74, 6) is 0.194. The maximum Gasteiger partial charge on any atom is 0.225 e. The zero-order valence-electron chi connectivity index (χ0n) is 12.4. The van der Waals surface area contributed by atoms with Crippen molar-refractivity contribution in [1.29, 1.82) is 0 Å². The van der Waals surface area contributed by atoms with Gasteiger partial charge in [-0.2, -0.15) is 0 Å². The maximum atomic E-state index is 12.3. The molecule has 1 amide bonds. The number of ether oxygens (including phenoxy) is 1. The molecule has 4 heteroatoms. The van der Waals surface area contributed by atoms with Gasteiger partial charge in [0.25, 0.3) is 0 Å². The third kappa shape index (κ3) is 3.76. The highest BCUT2D eigenvalue weighted by atomic mass is 16.5. The molecule has 3 rings (SSSR count). The molecule has 4 nitrogen and oxygen atoms in total. The normalized spacial score (nSPS) is 24.8. The number of benzene rings is 1. The lowest BCUT2D eigenvalue weighted by atomic mass is 9.93. The highest BCUT2D eigenvalue weighted by Gasteiger charge is 2.24. The standard InChI is InChI=1S/C17H24N2O2/c20-17(18-9-8-15-6-3-4-10-21-15)14-11-13-5-1-2-7-16(13)19-12-14/h1-2,5,7,14-15,19H,3-4,6,8-12H2,(H,18,20). The molecule has 21 heavy (non-hydrogen) atoms. The molecule has 2 heterocycles. The number of para-hydroxylation sites is 1. The molecule has 1 fully saturated rings. The van der Waals surface area contributed by atoms with Gasteiger partial charge >= 0.3 is 0 Å². The van der Waals surface area contributed by atoms with Gasteiger partial charge in [-0.3, -0.25) is 4.79 Å². The summed E-state index contributed by atoms with van der Waals surface area (Å²) in [7, 11) is 0. The van der Waals surface area contributed by atoms with Crippen molar-refractivity contribution in [3.8, 4) is 0 Å². The first-order valence-electron chi connectivity index (χ1n) is 8.04. The van der Waals surface area contributed by atoms with Gasteiger partial charge in [0.1, 0.15) is 0 Å². The van der Waals surface area contributed by atoms with Crippen molar-refractivity contribution in [3.05, 3.63) is 29.8 Å². The topological polar surface area (TPSA) is 50.4 Å². The fourth-order valence-electron chi connectivity index (χ4n) is 3.16. The Balaban J connectivity index is 1.44. The number of carbonyl (C=O) groups excluding carboxylic acids is 1. The number of carbonyl (C=O) groups is 1. The molecule has 2 aliphatic heterocycles. The molecule has 0 saturated carbocycles. The molecule has 0 radical (unpaired) electrons. The number of hydrogen-bond acceptors (Lipinski definition) is 3. The molecule has 1 saturated heterocycles. The van der Waals surface area contributed by atoms with Gasteiger partial charge in [-0.25, -0.2) is 0 Å². The predicted molar refractivity (Wildman–Crippen MR) is 83.3 cm³/mol. The number of amides is 1. The summed E-state index contributed by atoms with van der Waals surface area (Å²) in [6.45, 7) is 2.33. The fraction of sp³-hybridized carbons (Fsp3) is 0.588. The summed E-state index contributed by atoms with van der Waals surface area (Å²) >= 11 is 0. The number of anilines is 1. The van der Waals surface area contributed by atoms with Crippen LogP contribution in [-0.4, -0.2) is 31.7 Å². The summed E-state index contributed by atoms with van der Waals surface area (Å²) in [5, 5.41) is 6.42. The molecule has 0 spiro atoms. The third-order valence-corrected chi connectivity index (χ3v) is 4.43. The van der Waals surface area contributed by atoms with Crippen LogP contribution < -0.4 is 10.6 Å². The average molecular weight is 288 g/mol. The number of fused-ring (bicyclic) bond motifs is 1. The van der Waals surface area contributed by atoms with Crippen molar-refractivity contribution in [3.63, 3.8) is 0 Å². The van der Waals surface area contributed by atoms with Crippen LogP contribution in [0.1, 0.15) is 31.2 Å². The van der Waals surface area contributed by atoms with E-state index in [0.29, 0.717) is 6.10 Å². The van der Waals surface area contributed by atoms with Crippen LogP contribution in [0.3, 0.4) is 0 Å². The van der Waals surface area contributed by atoms with Gasteiger partial charge < -0.3 is 15.4 Å². The second-order valence-corrected chi connectivity index (χ2v) is 6.01. The van der Waals surface area contributed by atoms with Crippen LogP contribution in [0.25, 0.3) is 0 Å². The molecular weight excluding hydrogens is 264 g/mol. The van der Waals surface area contributed by atoms with E-state index in [-0.39, 0.29) is 11.8 Å². The van der Waals surface area contributed by atoms with E-state index in [1.54, 1.807) is 0 Å². The minimum Gasteiger partial charge on any atom is -0.384 e.